The van der Waals surface area contributed by atoms with E-state index >= 15 is 0 Å². The second kappa shape index (κ2) is 7.23. The Labute approximate surface area is 170 Å². The molecule has 0 radical (unpaired) electrons. The molecule has 4 rings (SSSR count). The number of carbonyl (C=O) groups is 1. The number of nitrogens with zero attached hydrogens (tertiary/aromatic N) is 4. The molecule has 0 spiro atoms. The third-order valence-electron chi connectivity index (χ3n) is 5.01. The maximum atomic E-state index is 13.4. The molecule has 2 aromatic rings. The van der Waals surface area contributed by atoms with Crippen molar-refractivity contribution in [2.75, 3.05) is 11.9 Å². The van der Waals surface area contributed by atoms with E-state index in [0.717, 1.165) is 0 Å². The second-order valence-corrected chi connectivity index (χ2v) is 8.83. The number of pyridine rings is 1. The molecule has 162 valence electrons. The van der Waals surface area contributed by atoms with Crippen molar-refractivity contribution in [1.29, 1.82) is 0 Å². The Bertz CT molecular complexity index is 1150. The zero-order valence-corrected chi connectivity index (χ0v) is 16.8. The lowest BCUT2D eigenvalue weighted by Crippen LogP contribution is -2.22. The fourth-order valence-corrected chi connectivity index (χ4v) is 4.68. The summed E-state index contributed by atoms with van der Waals surface area (Å²) in [5.74, 6) is 0.172. The molecule has 0 fully saturated rings. The van der Waals surface area contributed by atoms with Gasteiger partial charge in [0.15, 0.2) is 9.92 Å². The second-order valence-electron chi connectivity index (χ2n) is 7.07. The molecule has 2 aliphatic rings. The summed E-state index contributed by atoms with van der Waals surface area (Å²) in [6, 6.07) is -1.12. The highest BCUT2D eigenvalue weighted by Gasteiger charge is 2.38. The Morgan fingerprint density at radius 3 is 2.87 bits per heavy atom. The number of hydrogen-bond acceptors (Lipinski definition) is 5. The first-order chi connectivity index (χ1) is 14.1. The Morgan fingerprint density at radius 1 is 1.37 bits per heavy atom. The number of halogens is 3. The number of hydrogen-bond donors (Lipinski definition) is 2. The van der Waals surface area contributed by atoms with E-state index in [1.807, 2.05) is 0 Å². The summed E-state index contributed by atoms with van der Waals surface area (Å²) in [6.07, 6.45) is -1.26. The summed E-state index contributed by atoms with van der Waals surface area (Å²) in [7, 11) is -3.73. The first-order valence-corrected chi connectivity index (χ1v) is 10.8. The number of nitrogens with one attached hydrogen (secondary N) is 1. The highest BCUT2D eigenvalue weighted by molar-refractivity contribution is 7.91. The Hall–Kier alpha value is -2.67. The van der Waals surface area contributed by atoms with Crippen molar-refractivity contribution >= 4 is 21.6 Å². The van der Waals surface area contributed by atoms with Gasteiger partial charge in [0.1, 0.15) is 10.6 Å². The van der Waals surface area contributed by atoms with Gasteiger partial charge in [-0.3, -0.25) is 0 Å². The van der Waals surface area contributed by atoms with Crippen LogP contribution in [0.5, 0.6) is 5.88 Å². The average Bonchev–Trinajstić information content (AvgIpc) is 3.29. The number of anilines is 1. The smallest absolute Gasteiger partial charge is 0.433 e. The van der Waals surface area contributed by atoms with Gasteiger partial charge in [-0.2, -0.15) is 18.3 Å². The van der Waals surface area contributed by atoms with Crippen molar-refractivity contribution < 1.29 is 26.9 Å². The van der Waals surface area contributed by atoms with E-state index in [1.54, 1.807) is 0 Å². The number of aryl methyl sites for hydroxylation is 2. The largest absolute Gasteiger partial charge is 0.477 e. The molecule has 3 N–H and O–H groups in total. The zero-order valence-electron chi connectivity index (χ0n) is 16.0. The molecule has 1 aliphatic carbocycles. The lowest BCUT2D eigenvalue weighted by molar-refractivity contribution is -0.141. The lowest BCUT2D eigenvalue weighted by Gasteiger charge is -2.18. The van der Waals surface area contributed by atoms with E-state index in [9.17, 15) is 22.2 Å². The van der Waals surface area contributed by atoms with Crippen LogP contribution >= 0.6 is 0 Å². The van der Waals surface area contributed by atoms with Crippen molar-refractivity contribution in [3.8, 4) is 5.88 Å². The molecule has 0 saturated carbocycles. The fraction of sp³-hybridized carbons (Fsp3) is 0.471. The fourth-order valence-electron chi connectivity index (χ4n) is 3.68. The van der Waals surface area contributed by atoms with E-state index in [0.29, 0.717) is 44.4 Å². The Morgan fingerprint density at radius 2 is 2.13 bits per heavy atom. The maximum absolute atomic E-state index is 13.4. The van der Waals surface area contributed by atoms with Crippen LogP contribution in [0.25, 0.3) is 0 Å². The van der Waals surface area contributed by atoms with E-state index < -0.39 is 27.8 Å². The van der Waals surface area contributed by atoms with Gasteiger partial charge in [-0.15, -0.1) is 4.36 Å². The van der Waals surface area contributed by atoms with Crippen molar-refractivity contribution in [3.05, 3.63) is 28.7 Å². The van der Waals surface area contributed by atoms with Crippen LogP contribution in [0.4, 0.5) is 23.7 Å². The minimum absolute atomic E-state index is 0.0120. The lowest BCUT2D eigenvalue weighted by atomic mass is 10.1. The van der Waals surface area contributed by atoms with E-state index in [-0.39, 0.29) is 27.7 Å². The quantitative estimate of drug-likeness (QED) is 0.737. The van der Waals surface area contributed by atoms with Gasteiger partial charge in [-0.1, -0.05) is 0 Å². The molecular weight excluding hydrogens is 425 g/mol. The molecule has 0 aromatic carbocycles. The first kappa shape index (κ1) is 20.6. The molecule has 2 aromatic heterocycles. The third-order valence-corrected chi connectivity index (χ3v) is 6.36. The van der Waals surface area contributed by atoms with Gasteiger partial charge in [0.05, 0.1) is 18.5 Å². The number of amides is 2. The topological polar surface area (TPSA) is 124 Å². The zero-order chi connectivity index (χ0) is 21.7. The van der Waals surface area contributed by atoms with Crippen molar-refractivity contribution in [3.63, 3.8) is 0 Å². The minimum atomic E-state index is -4.67. The number of rotatable bonds is 2. The summed E-state index contributed by atoms with van der Waals surface area (Å²) >= 11 is 0. The number of fused-ring (bicyclic) bond motifs is 2. The molecule has 1 unspecified atom stereocenters. The van der Waals surface area contributed by atoms with Crippen LogP contribution in [0.1, 0.15) is 35.4 Å². The van der Waals surface area contributed by atoms with E-state index in [1.165, 1.54) is 17.8 Å². The highest BCUT2D eigenvalue weighted by atomic mass is 32.2. The number of nitrogens with two attached hydrogens (primary N) is 1. The van der Waals surface area contributed by atoms with Gasteiger partial charge in [0.25, 0.3) is 0 Å². The summed E-state index contributed by atoms with van der Waals surface area (Å²) in [6.45, 7) is 2.15. The number of urea groups is 1. The van der Waals surface area contributed by atoms with Crippen molar-refractivity contribution in [2.24, 2.45) is 9.50 Å². The molecule has 0 bridgehead atoms. The van der Waals surface area contributed by atoms with Crippen LogP contribution in [-0.4, -0.2) is 31.6 Å². The monoisotopic (exact) mass is 444 g/mol. The van der Waals surface area contributed by atoms with Gasteiger partial charge in [0, 0.05) is 24.2 Å². The Balaban J connectivity index is 1.70. The summed E-state index contributed by atoms with van der Waals surface area (Å²) in [4.78, 5) is 16.2. The van der Waals surface area contributed by atoms with Gasteiger partial charge in [-0.05, 0) is 31.7 Å². The average molecular weight is 444 g/mol. The molecule has 3 heterocycles. The van der Waals surface area contributed by atoms with E-state index in [2.05, 4.69) is 19.8 Å². The number of aromatic nitrogens is 3. The van der Waals surface area contributed by atoms with Crippen LogP contribution in [0.3, 0.4) is 0 Å². The minimum Gasteiger partial charge on any atom is -0.477 e. The summed E-state index contributed by atoms with van der Waals surface area (Å²) in [5.41, 5.74) is -0.482. The summed E-state index contributed by atoms with van der Waals surface area (Å²) in [5, 5.41) is 12.2. The third kappa shape index (κ3) is 3.62. The molecule has 30 heavy (non-hydrogen) atoms. The van der Waals surface area contributed by atoms with Crippen molar-refractivity contribution in [1.82, 2.24) is 14.8 Å². The molecule has 9 nitrogen and oxygen atoms in total. The van der Waals surface area contributed by atoms with Crippen LogP contribution in [0, 0.1) is 6.92 Å². The van der Waals surface area contributed by atoms with Gasteiger partial charge >= 0.3 is 12.2 Å². The highest BCUT2D eigenvalue weighted by Crippen LogP contribution is 2.39. The van der Waals surface area contributed by atoms with Crippen LogP contribution in [0.2, 0.25) is 0 Å². The molecular formula is C17H19F3N6O3S. The Kier molecular flexibility index (Phi) is 4.97. The van der Waals surface area contributed by atoms with E-state index in [4.69, 9.17) is 9.88 Å². The van der Waals surface area contributed by atoms with Crippen LogP contribution < -0.4 is 15.2 Å². The molecule has 1 aliphatic heterocycles. The molecule has 13 heteroatoms. The number of ether oxygens (including phenoxy) is 1. The summed E-state index contributed by atoms with van der Waals surface area (Å²) < 4.78 is 63.4. The predicted octanol–water partition coefficient (Wildman–Crippen LogP) is 2.81. The maximum Gasteiger partial charge on any atom is 0.433 e. The van der Waals surface area contributed by atoms with Gasteiger partial charge in [0.2, 0.25) is 5.88 Å². The number of carbonyl (C=O) groups excluding carboxylic acids is 1. The van der Waals surface area contributed by atoms with Gasteiger partial charge in [-0.25, -0.2) is 23.8 Å². The molecule has 1 atom stereocenters. The SMILES string of the molecule is Cc1c(C(F)(F)F)nc2c(c1NC(=O)N=S(N)(=O)c1cnn3c1OCCC3)CCC2. The normalized spacial score (nSPS) is 17.5. The van der Waals surface area contributed by atoms with Gasteiger partial charge < -0.3 is 10.1 Å². The number of alkyl halides is 3. The first-order valence-electron chi connectivity index (χ1n) is 9.22. The van der Waals surface area contributed by atoms with Crippen LogP contribution in [0.15, 0.2) is 15.5 Å². The predicted molar refractivity (Wildman–Crippen MR) is 100 cm³/mol. The molecule has 0 saturated heterocycles. The molecule has 2 amide bonds. The van der Waals surface area contributed by atoms with Crippen molar-refractivity contribution in [2.45, 2.75) is 50.2 Å². The standard InChI is InChI=1S/C17H19F3N6O3S/c1-9-13(10-4-2-5-11(10)23-14(9)17(18,19)20)24-16(27)25-30(21,28)12-8-22-26-6-3-7-29-15(12)26/h8H,2-7H2,1H3,(H3,21,23,24,25,27,28). The van der Waals surface area contributed by atoms with Crippen LogP contribution in [-0.2, 0) is 35.5 Å².